The van der Waals surface area contributed by atoms with Crippen LogP contribution in [0.1, 0.15) is 29.5 Å². The molecule has 2 aliphatic heterocycles. The van der Waals surface area contributed by atoms with E-state index in [4.69, 9.17) is 15.5 Å². The van der Waals surface area contributed by atoms with Crippen molar-refractivity contribution in [2.24, 2.45) is 11.7 Å². The fourth-order valence-corrected chi connectivity index (χ4v) is 6.05. The number of rotatable bonds is 0. The summed E-state index contributed by atoms with van der Waals surface area (Å²) in [7, 11) is 2.13. The standard InChI is InChI=1S/C19H22N4OS/c1-10-7-12(3)22-18-14(10)15-16(25-18)19(13(8-20)17(21)24-15)5-6-23(4)9-11(19)2/h7,11H,5-6,9,21H2,1-4H3. The normalized spacial score (nSPS) is 26.6. The number of nitrogens with two attached hydrogens (primary N) is 1. The molecule has 2 aromatic rings. The molecule has 25 heavy (non-hydrogen) atoms. The van der Waals surface area contributed by atoms with Crippen LogP contribution >= 0.6 is 11.3 Å². The quantitative estimate of drug-likeness (QED) is 0.786. The highest BCUT2D eigenvalue weighted by molar-refractivity contribution is 7.19. The molecule has 4 rings (SSSR count). The number of aromatic nitrogens is 1. The van der Waals surface area contributed by atoms with E-state index < -0.39 is 0 Å². The van der Waals surface area contributed by atoms with E-state index in [1.54, 1.807) is 11.3 Å². The van der Waals surface area contributed by atoms with Gasteiger partial charge in [0.15, 0.2) is 5.75 Å². The van der Waals surface area contributed by atoms with E-state index in [0.717, 1.165) is 51.6 Å². The van der Waals surface area contributed by atoms with E-state index in [0.29, 0.717) is 5.57 Å². The number of nitriles is 1. The fraction of sp³-hybridized carbons (Fsp3) is 0.474. The molecule has 2 N–H and O–H groups in total. The van der Waals surface area contributed by atoms with Gasteiger partial charge in [-0.3, -0.25) is 0 Å². The van der Waals surface area contributed by atoms with E-state index in [9.17, 15) is 5.26 Å². The Morgan fingerprint density at radius 3 is 2.92 bits per heavy atom. The van der Waals surface area contributed by atoms with Crippen LogP contribution in [0.5, 0.6) is 5.75 Å². The minimum atomic E-state index is -0.370. The number of pyridine rings is 1. The number of allylic oxidation sites excluding steroid dienone is 1. The number of hydrogen-bond donors (Lipinski definition) is 1. The first-order valence-corrected chi connectivity index (χ1v) is 9.38. The topological polar surface area (TPSA) is 75.2 Å². The van der Waals surface area contributed by atoms with Crippen LogP contribution in [-0.4, -0.2) is 30.0 Å². The van der Waals surface area contributed by atoms with Gasteiger partial charge in [-0.05, 0) is 51.4 Å². The van der Waals surface area contributed by atoms with Gasteiger partial charge in [0.2, 0.25) is 5.88 Å². The van der Waals surface area contributed by atoms with E-state index >= 15 is 0 Å². The average molecular weight is 354 g/mol. The summed E-state index contributed by atoms with van der Waals surface area (Å²) in [6.07, 6.45) is 0.871. The molecule has 0 saturated carbocycles. The third kappa shape index (κ3) is 2.12. The lowest BCUT2D eigenvalue weighted by Gasteiger charge is -2.46. The molecule has 1 saturated heterocycles. The van der Waals surface area contributed by atoms with Gasteiger partial charge in [-0.2, -0.15) is 5.26 Å². The van der Waals surface area contributed by atoms with Gasteiger partial charge in [-0.1, -0.05) is 6.92 Å². The second-order valence-electron chi connectivity index (χ2n) is 7.36. The van der Waals surface area contributed by atoms with Gasteiger partial charge in [0, 0.05) is 12.2 Å². The molecule has 4 heterocycles. The number of hydrogen-bond acceptors (Lipinski definition) is 6. The van der Waals surface area contributed by atoms with Gasteiger partial charge in [-0.15, -0.1) is 11.3 Å². The van der Waals surface area contributed by atoms with E-state index in [2.05, 4.69) is 37.9 Å². The number of fused-ring (bicyclic) bond motifs is 4. The summed E-state index contributed by atoms with van der Waals surface area (Å²) in [4.78, 5) is 9.13. The van der Waals surface area contributed by atoms with E-state index in [1.807, 2.05) is 6.92 Å². The number of aryl methyl sites for hydroxylation is 2. The SMILES string of the molecule is Cc1cc(C)c2c3c(sc2n1)C1(CCN(C)CC1C)C(C#N)=C(N)O3. The van der Waals surface area contributed by atoms with Gasteiger partial charge in [0.1, 0.15) is 16.5 Å². The summed E-state index contributed by atoms with van der Waals surface area (Å²) in [6, 6.07) is 4.44. The molecule has 5 nitrogen and oxygen atoms in total. The summed E-state index contributed by atoms with van der Waals surface area (Å²) in [5.74, 6) is 1.35. The molecular weight excluding hydrogens is 332 g/mol. The number of piperidine rings is 1. The van der Waals surface area contributed by atoms with Crippen LogP contribution in [0.2, 0.25) is 0 Å². The predicted molar refractivity (Wildman–Crippen MR) is 99.5 cm³/mol. The molecular formula is C19H22N4OS. The zero-order valence-electron chi connectivity index (χ0n) is 15.0. The van der Waals surface area contributed by atoms with E-state index in [-0.39, 0.29) is 17.2 Å². The molecule has 2 aromatic heterocycles. The molecule has 130 valence electrons. The second-order valence-corrected chi connectivity index (χ2v) is 8.36. The van der Waals surface area contributed by atoms with Crippen LogP contribution in [0.25, 0.3) is 10.2 Å². The van der Waals surface area contributed by atoms with Crippen LogP contribution in [0, 0.1) is 31.1 Å². The second kappa shape index (κ2) is 5.45. The summed E-state index contributed by atoms with van der Waals surface area (Å²) >= 11 is 1.66. The van der Waals surface area contributed by atoms with Crippen molar-refractivity contribution in [2.45, 2.75) is 32.6 Å². The fourth-order valence-electron chi connectivity index (χ4n) is 4.49. The molecule has 2 atom stereocenters. The lowest BCUT2D eigenvalue weighted by molar-refractivity contribution is 0.139. The summed E-state index contributed by atoms with van der Waals surface area (Å²) in [6.45, 7) is 8.16. The molecule has 2 aliphatic rings. The Labute approximate surface area is 151 Å². The van der Waals surface area contributed by atoms with Crippen molar-refractivity contribution >= 4 is 21.6 Å². The Hall–Kier alpha value is -2.10. The first-order valence-electron chi connectivity index (χ1n) is 8.56. The van der Waals surface area contributed by atoms with Crippen LogP contribution in [-0.2, 0) is 5.41 Å². The lowest BCUT2D eigenvalue weighted by Crippen LogP contribution is -2.50. The van der Waals surface area contributed by atoms with Gasteiger partial charge in [0.25, 0.3) is 0 Å². The number of likely N-dealkylation sites (tertiary alicyclic amines) is 1. The number of ether oxygens (including phenoxy) is 1. The Bertz CT molecular complexity index is 954. The predicted octanol–water partition coefficient (Wildman–Crippen LogP) is 3.21. The molecule has 0 aliphatic carbocycles. The monoisotopic (exact) mass is 354 g/mol. The van der Waals surface area contributed by atoms with Gasteiger partial charge < -0.3 is 15.4 Å². The Kier molecular flexibility index (Phi) is 3.57. The van der Waals surface area contributed by atoms with Crippen molar-refractivity contribution in [3.05, 3.63) is 33.7 Å². The van der Waals surface area contributed by atoms with Crippen molar-refractivity contribution in [1.82, 2.24) is 9.88 Å². The van der Waals surface area contributed by atoms with Crippen molar-refractivity contribution in [3.63, 3.8) is 0 Å². The maximum absolute atomic E-state index is 9.87. The minimum absolute atomic E-state index is 0.256. The zero-order chi connectivity index (χ0) is 17.9. The highest BCUT2D eigenvalue weighted by Crippen LogP contribution is 2.57. The lowest BCUT2D eigenvalue weighted by atomic mass is 9.64. The highest BCUT2D eigenvalue weighted by Gasteiger charge is 2.52. The smallest absolute Gasteiger partial charge is 0.205 e. The third-order valence-electron chi connectivity index (χ3n) is 5.68. The van der Waals surface area contributed by atoms with Crippen molar-refractivity contribution < 1.29 is 4.74 Å². The van der Waals surface area contributed by atoms with Gasteiger partial charge >= 0.3 is 0 Å². The van der Waals surface area contributed by atoms with Crippen molar-refractivity contribution in [2.75, 3.05) is 20.1 Å². The average Bonchev–Trinajstić information content (AvgIpc) is 2.89. The summed E-state index contributed by atoms with van der Waals surface area (Å²) < 4.78 is 6.00. The van der Waals surface area contributed by atoms with Crippen LogP contribution in [0.3, 0.4) is 0 Å². The maximum Gasteiger partial charge on any atom is 0.205 e. The molecule has 0 aromatic carbocycles. The van der Waals surface area contributed by atoms with Crippen molar-refractivity contribution in [1.29, 1.82) is 5.26 Å². The highest BCUT2D eigenvalue weighted by atomic mass is 32.1. The molecule has 0 bridgehead atoms. The zero-order valence-corrected chi connectivity index (χ0v) is 15.8. The van der Waals surface area contributed by atoms with Crippen LogP contribution in [0.15, 0.2) is 17.5 Å². The largest absolute Gasteiger partial charge is 0.439 e. The Balaban J connectivity index is 2.05. The van der Waals surface area contributed by atoms with Crippen LogP contribution in [0.4, 0.5) is 0 Å². The molecule has 1 spiro atoms. The van der Waals surface area contributed by atoms with Gasteiger partial charge in [-0.25, -0.2) is 4.98 Å². The molecule has 6 heteroatoms. The van der Waals surface area contributed by atoms with Crippen LogP contribution < -0.4 is 10.5 Å². The maximum atomic E-state index is 9.87. The summed E-state index contributed by atoms with van der Waals surface area (Å²) in [5, 5.41) is 10.9. The summed E-state index contributed by atoms with van der Waals surface area (Å²) in [5.41, 5.74) is 8.60. The molecule has 1 fully saturated rings. The molecule has 0 amide bonds. The Morgan fingerprint density at radius 1 is 1.48 bits per heavy atom. The number of nitrogens with zero attached hydrogens (tertiary/aromatic N) is 3. The first-order chi connectivity index (χ1) is 11.9. The minimum Gasteiger partial charge on any atom is -0.439 e. The van der Waals surface area contributed by atoms with Crippen molar-refractivity contribution in [3.8, 4) is 11.8 Å². The van der Waals surface area contributed by atoms with E-state index in [1.165, 1.54) is 0 Å². The molecule has 0 radical (unpaired) electrons. The van der Waals surface area contributed by atoms with Gasteiger partial charge in [0.05, 0.1) is 15.7 Å². The third-order valence-corrected chi connectivity index (χ3v) is 6.92. The number of thiophene rings is 1. The Morgan fingerprint density at radius 2 is 2.24 bits per heavy atom. The first kappa shape index (κ1) is 16.4. The molecule has 2 unspecified atom stereocenters.